The summed E-state index contributed by atoms with van der Waals surface area (Å²) in [5.41, 5.74) is 2.21. The number of carbonyl (C=O) groups is 2. The summed E-state index contributed by atoms with van der Waals surface area (Å²) in [6.45, 7) is 0. The number of ether oxygens (including phenoxy) is 1. The van der Waals surface area contributed by atoms with Gasteiger partial charge in [0.2, 0.25) is 5.91 Å². The van der Waals surface area contributed by atoms with Crippen LogP contribution in [0.5, 0.6) is 0 Å². The van der Waals surface area contributed by atoms with Crippen molar-refractivity contribution < 1.29 is 18.7 Å². The normalized spacial score (nSPS) is 26.4. The molecule has 2 fully saturated rings. The van der Waals surface area contributed by atoms with Crippen molar-refractivity contribution in [1.29, 1.82) is 0 Å². The number of fused-ring (bicyclic) bond motifs is 2. The Morgan fingerprint density at radius 1 is 1.37 bits per heavy atom. The Bertz CT molecular complexity index is 857. The molecule has 0 radical (unpaired) electrons. The Morgan fingerprint density at radius 3 is 2.89 bits per heavy atom. The van der Waals surface area contributed by atoms with Crippen LogP contribution in [0, 0.1) is 11.2 Å². The standard InChI is InChI=1S/C20H21FN2O3S/c1-26-19(25)20(9-14-11-27-12-22-14)10-15-6-7-17(20)23(15)18(24)8-13-4-2-3-5-16(13)21/h2-5,11-12,15,17H,6-10H2,1H3/t15-,17+,20+/m1/s1. The molecule has 3 heterocycles. The summed E-state index contributed by atoms with van der Waals surface area (Å²) < 4.78 is 19.1. The van der Waals surface area contributed by atoms with Crippen LogP contribution in [0.3, 0.4) is 0 Å². The van der Waals surface area contributed by atoms with Gasteiger partial charge in [0, 0.05) is 23.9 Å². The molecule has 27 heavy (non-hydrogen) atoms. The second-order valence-electron chi connectivity index (χ2n) is 7.32. The molecule has 7 heteroatoms. The molecule has 2 aromatic rings. The van der Waals surface area contributed by atoms with Crippen LogP contribution in [0.15, 0.2) is 35.2 Å². The van der Waals surface area contributed by atoms with Gasteiger partial charge in [0.25, 0.3) is 0 Å². The van der Waals surface area contributed by atoms with Crippen LogP contribution in [-0.2, 0) is 27.2 Å². The molecule has 2 saturated heterocycles. The number of hydrogen-bond acceptors (Lipinski definition) is 5. The summed E-state index contributed by atoms with van der Waals surface area (Å²) in [6, 6.07) is 6.10. The van der Waals surface area contributed by atoms with Gasteiger partial charge in [-0.1, -0.05) is 18.2 Å². The van der Waals surface area contributed by atoms with Gasteiger partial charge in [-0.25, -0.2) is 9.37 Å². The summed E-state index contributed by atoms with van der Waals surface area (Å²) in [5.74, 6) is -0.790. The van der Waals surface area contributed by atoms with Crippen molar-refractivity contribution in [3.05, 3.63) is 52.2 Å². The Balaban J connectivity index is 1.61. The molecule has 1 amide bonds. The maximum atomic E-state index is 14.0. The van der Waals surface area contributed by atoms with Gasteiger partial charge in [-0.2, -0.15) is 0 Å². The number of nitrogens with zero attached hydrogens (tertiary/aromatic N) is 2. The highest BCUT2D eigenvalue weighted by Gasteiger charge is 2.61. The first-order valence-corrected chi connectivity index (χ1v) is 9.99. The van der Waals surface area contributed by atoms with Gasteiger partial charge < -0.3 is 9.64 Å². The zero-order valence-corrected chi connectivity index (χ0v) is 15.9. The Kier molecular flexibility index (Phi) is 4.72. The van der Waals surface area contributed by atoms with E-state index < -0.39 is 5.41 Å². The second-order valence-corrected chi connectivity index (χ2v) is 8.04. The molecule has 1 aromatic carbocycles. The lowest BCUT2D eigenvalue weighted by atomic mass is 9.71. The summed E-state index contributed by atoms with van der Waals surface area (Å²) in [7, 11) is 1.39. The smallest absolute Gasteiger partial charge is 0.314 e. The highest BCUT2D eigenvalue weighted by Crippen LogP contribution is 2.52. The average molecular weight is 388 g/mol. The van der Waals surface area contributed by atoms with Gasteiger partial charge in [-0.15, -0.1) is 11.3 Å². The van der Waals surface area contributed by atoms with Gasteiger partial charge in [-0.05, 0) is 30.9 Å². The molecule has 0 unspecified atom stereocenters. The van der Waals surface area contributed by atoms with Crippen molar-refractivity contribution in [2.24, 2.45) is 5.41 Å². The van der Waals surface area contributed by atoms with Crippen molar-refractivity contribution in [2.75, 3.05) is 7.11 Å². The molecule has 0 spiro atoms. The van der Waals surface area contributed by atoms with E-state index in [9.17, 15) is 14.0 Å². The molecule has 142 valence electrons. The first-order chi connectivity index (χ1) is 13.0. The third kappa shape index (κ3) is 3.04. The van der Waals surface area contributed by atoms with Gasteiger partial charge in [0.15, 0.2) is 0 Å². The minimum absolute atomic E-state index is 0.00740. The monoisotopic (exact) mass is 388 g/mol. The highest BCUT2D eigenvalue weighted by atomic mass is 32.1. The van der Waals surface area contributed by atoms with Gasteiger partial charge in [0.05, 0.1) is 30.2 Å². The summed E-state index contributed by atoms with van der Waals surface area (Å²) in [6.07, 6.45) is 2.67. The van der Waals surface area contributed by atoms with Crippen LogP contribution >= 0.6 is 11.3 Å². The fourth-order valence-electron chi connectivity index (χ4n) is 4.79. The van der Waals surface area contributed by atoms with E-state index in [-0.39, 0.29) is 36.2 Å². The fraction of sp³-hybridized carbons (Fsp3) is 0.450. The minimum atomic E-state index is -0.767. The Labute approximate surface area is 161 Å². The molecule has 0 aliphatic carbocycles. The Hall–Kier alpha value is -2.28. The van der Waals surface area contributed by atoms with Crippen molar-refractivity contribution in [3.8, 4) is 0 Å². The molecule has 4 rings (SSSR count). The number of esters is 1. The van der Waals surface area contributed by atoms with Crippen LogP contribution in [0.4, 0.5) is 4.39 Å². The first kappa shape index (κ1) is 18.1. The topological polar surface area (TPSA) is 59.5 Å². The molecular formula is C20H21FN2O3S. The number of thiazole rings is 1. The average Bonchev–Trinajstić information content (AvgIpc) is 3.38. The van der Waals surface area contributed by atoms with Crippen molar-refractivity contribution in [2.45, 2.75) is 44.2 Å². The van der Waals surface area contributed by atoms with Gasteiger partial charge in [0.1, 0.15) is 5.82 Å². The quantitative estimate of drug-likeness (QED) is 0.739. The lowest BCUT2D eigenvalue weighted by Crippen LogP contribution is -2.47. The molecule has 2 aliphatic heterocycles. The highest BCUT2D eigenvalue weighted by molar-refractivity contribution is 7.07. The van der Waals surface area contributed by atoms with E-state index in [2.05, 4.69) is 4.98 Å². The number of carbonyl (C=O) groups excluding carboxylic acids is 2. The number of rotatable bonds is 5. The zero-order valence-electron chi connectivity index (χ0n) is 15.1. The molecule has 0 saturated carbocycles. The lowest BCUT2D eigenvalue weighted by Gasteiger charge is -2.34. The number of hydrogen-bond donors (Lipinski definition) is 0. The number of aromatic nitrogens is 1. The maximum absolute atomic E-state index is 14.0. The third-order valence-corrected chi connectivity index (χ3v) is 6.53. The second kappa shape index (κ2) is 7.03. The molecule has 2 bridgehead atoms. The largest absolute Gasteiger partial charge is 0.469 e. The van der Waals surface area contributed by atoms with Crippen LogP contribution in [0.25, 0.3) is 0 Å². The minimum Gasteiger partial charge on any atom is -0.469 e. The maximum Gasteiger partial charge on any atom is 0.314 e. The van der Waals surface area contributed by atoms with E-state index in [1.54, 1.807) is 23.7 Å². The lowest BCUT2D eigenvalue weighted by molar-refractivity contribution is -0.155. The van der Waals surface area contributed by atoms with E-state index in [1.807, 2.05) is 10.3 Å². The molecule has 2 aliphatic rings. The summed E-state index contributed by atoms with van der Waals surface area (Å²) >= 11 is 1.49. The zero-order chi connectivity index (χ0) is 19.0. The summed E-state index contributed by atoms with van der Waals surface area (Å²) in [4.78, 5) is 32.0. The number of benzene rings is 1. The molecule has 3 atom stereocenters. The SMILES string of the molecule is COC(=O)[C@@]1(Cc2cscn2)C[C@H]2CC[C@@H]1N2C(=O)Cc1ccccc1F. The number of methoxy groups -OCH3 is 1. The predicted octanol–water partition coefficient (Wildman–Crippen LogP) is 2.99. The van der Waals surface area contributed by atoms with E-state index in [0.29, 0.717) is 18.4 Å². The molecule has 1 aromatic heterocycles. The van der Waals surface area contributed by atoms with Crippen LogP contribution in [-0.4, -0.2) is 41.0 Å². The van der Waals surface area contributed by atoms with E-state index in [0.717, 1.165) is 18.5 Å². The van der Waals surface area contributed by atoms with E-state index >= 15 is 0 Å². The third-order valence-electron chi connectivity index (χ3n) is 5.90. The molecule has 0 N–H and O–H groups in total. The van der Waals surface area contributed by atoms with E-state index in [1.165, 1.54) is 24.5 Å². The fourth-order valence-corrected chi connectivity index (χ4v) is 5.35. The van der Waals surface area contributed by atoms with Crippen molar-refractivity contribution >= 4 is 23.2 Å². The van der Waals surface area contributed by atoms with Gasteiger partial charge in [-0.3, -0.25) is 9.59 Å². The van der Waals surface area contributed by atoms with Crippen molar-refractivity contribution in [1.82, 2.24) is 9.88 Å². The number of halogens is 1. The molecule has 5 nitrogen and oxygen atoms in total. The summed E-state index contributed by atoms with van der Waals surface area (Å²) in [5, 5.41) is 1.93. The first-order valence-electron chi connectivity index (χ1n) is 9.05. The van der Waals surface area contributed by atoms with Crippen molar-refractivity contribution in [3.63, 3.8) is 0 Å². The predicted molar refractivity (Wildman–Crippen MR) is 98.6 cm³/mol. The van der Waals surface area contributed by atoms with Gasteiger partial charge >= 0.3 is 5.97 Å². The molecular weight excluding hydrogens is 367 g/mol. The van der Waals surface area contributed by atoms with E-state index in [4.69, 9.17) is 4.74 Å². The van der Waals surface area contributed by atoms with Crippen LogP contribution < -0.4 is 0 Å². The number of amides is 1. The van der Waals surface area contributed by atoms with Crippen LogP contribution in [0.1, 0.15) is 30.5 Å². The Morgan fingerprint density at radius 2 is 2.19 bits per heavy atom. The van der Waals surface area contributed by atoms with Crippen LogP contribution in [0.2, 0.25) is 0 Å².